The number of hydrogen-bond acceptors (Lipinski definition) is 6. The zero-order chi connectivity index (χ0) is 14.8. The molecule has 0 aliphatic heterocycles. The fourth-order valence-corrected chi connectivity index (χ4v) is 2.78. The number of thioether (sulfide) groups is 1. The van der Waals surface area contributed by atoms with Crippen molar-refractivity contribution in [3.05, 3.63) is 11.8 Å². The molecular weight excluding hydrogens is 272 g/mol. The Labute approximate surface area is 124 Å². The molecule has 1 aromatic rings. The quantitative estimate of drug-likeness (QED) is 0.664. The minimum absolute atomic E-state index is 0.0349. The van der Waals surface area contributed by atoms with E-state index in [4.69, 9.17) is 10.00 Å². The van der Waals surface area contributed by atoms with Crippen molar-refractivity contribution in [3.63, 3.8) is 0 Å². The molecule has 2 unspecified atom stereocenters. The third kappa shape index (κ3) is 2.74. The van der Waals surface area contributed by atoms with E-state index in [9.17, 15) is 0 Å². The number of ether oxygens (including phenoxy) is 1. The van der Waals surface area contributed by atoms with Gasteiger partial charge in [0.2, 0.25) is 0 Å². The van der Waals surface area contributed by atoms with Gasteiger partial charge >= 0.3 is 0 Å². The van der Waals surface area contributed by atoms with Gasteiger partial charge in [-0.1, -0.05) is 25.6 Å². The largest absolute Gasteiger partial charge is 0.378 e. The number of nitriles is 1. The zero-order valence-electron chi connectivity index (χ0n) is 12.3. The molecule has 2 atom stereocenters. The Hall–Kier alpha value is -1.32. The first kappa shape index (κ1) is 15.1. The molecule has 1 fully saturated rings. The molecule has 0 radical (unpaired) electrons. The van der Waals surface area contributed by atoms with E-state index in [1.807, 2.05) is 13.2 Å². The van der Waals surface area contributed by atoms with Crippen molar-refractivity contribution in [3.8, 4) is 6.07 Å². The van der Waals surface area contributed by atoms with Crippen molar-refractivity contribution in [1.29, 1.82) is 5.26 Å². The second kappa shape index (κ2) is 5.98. The van der Waals surface area contributed by atoms with Crippen LogP contribution in [0.3, 0.4) is 0 Å². The molecule has 2 rings (SSSR count). The van der Waals surface area contributed by atoms with Crippen LogP contribution in [0.25, 0.3) is 0 Å². The summed E-state index contributed by atoms with van der Waals surface area (Å²) in [5.74, 6) is 0.625. The van der Waals surface area contributed by atoms with E-state index in [2.05, 4.69) is 35.2 Å². The Balaban J connectivity index is 2.13. The van der Waals surface area contributed by atoms with Crippen molar-refractivity contribution in [2.45, 2.75) is 44.5 Å². The second-order valence-corrected chi connectivity index (χ2v) is 6.20. The van der Waals surface area contributed by atoms with Crippen LogP contribution in [0, 0.1) is 16.7 Å². The number of nitrogens with one attached hydrogen (secondary N) is 1. The van der Waals surface area contributed by atoms with Crippen LogP contribution < -0.4 is 5.32 Å². The van der Waals surface area contributed by atoms with Gasteiger partial charge in [-0.15, -0.1) is 0 Å². The molecule has 6 heteroatoms. The maximum atomic E-state index is 9.15. The Kier molecular flexibility index (Phi) is 4.51. The number of nitrogens with zero attached hydrogens (tertiary/aromatic N) is 3. The molecule has 0 aromatic carbocycles. The molecule has 1 heterocycles. The van der Waals surface area contributed by atoms with Gasteiger partial charge in [-0.3, -0.25) is 0 Å². The highest BCUT2D eigenvalue weighted by atomic mass is 32.2. The van der Waals surface area contributed by atoms with Gasteiger partial charge in [-0.2, -0.15) is 5.26 Å². The number of anilines is 1. The summed E-state index contributed by atoms with van der Waals surface area (Å²) in [4.78, 5) is 8.52. The minimum Gasteiger partial charge on any atom is -0.378 e. The predicted octanol–water partition coefficient (Wildman–Crippen LogP) is 2.69. The van der Waals surface area contributed by atoms with E-state index in [1.54, 1.807) is 6.20 Å². The van der Waals surface area contributed by atoms with Crippen molar-refractivity contribution >= 4 is 17.6 Å². The van der Waals surface area contributed by atoms with E-state index in [0.29, 0.717) is 16.5 Å². The van der Waals surface area contributed by atoms with Crippen LogP contribution in [0.15, 0.2) is 11.4 Å². The van der Waals surface area contributed by atoms with Gasteiger partial charge in [0.1, 0.15) is 17.5 Å². The highest BCUT2D eigenvalue weighted by molar-refractivity contribution is 7.98. The highest BCUT2D eigenvalue weighted by Crippen LogP contribution is 2.44. The van der Waals surface area contributed by atoms with E-state index in [1.165, 1.54) is 11.8 Å². The van der Waals surface area contributed by atoms with Crippen molar-refractivity contribution < 1.29 is 4.74 Å². The lowest BCUT2D eigenvalue weighted by Gasteiger charge is -2.51. The van der Waals surface area contributed by atoms with E-state index < -0.39 is 0 Å². The minimum atomic E-state index is 0.0349. The smallest absolute Gasteiger partial charge is 0.189 e. The topological polar surface area (TPSA) is 70.8 Å². The van der Waals surface area contributed by atoms with Crippen molar-refractivity contribution in [2.24, 2.45) is 5.41 Å². The summed E-state index contributed by atoms with van der Waals surface area (Å²) in [5, 5.41) is 13.2. The van der Waals surface area contributed by atoms with E-state index in [0.717, 1.165) is 13.0 Å². The van der Waals surface area contributed by atoms with Crippen LogP contribution in [0.4, 0.5) is 5.82 Å². The Morgan fingerprint density at radius 2 is 2.35 bits per heavy atom. The highest BCUT2D eigenvalue weighted by Gasteiger charge is 2.49. The van der Waals surface area contributed by atoms with E-state index in [-0.39, 0.29) is 17.6 Å². The van der Waals surface area contributed by atoms with Crippen LogP contribution in [-0.4, -0.2) is 35.0 Å². The van der Waals surface area contributed by atoms with Crippen LogP contribution in [0.5, 0.6) is 0 Å². The molecule has 0 saturated heterocycles. The summed E-state index contributed by atoms with van der Waals surface area (Å²) < 4.78 is 5.72. The molecule has 1 aliphatic carbocycles. The molecule has 5 nitrogen and oxygen atoms in total. The molecule has 108 valence electrons. The average Bonchev–Trinajstić information content (AvgIpc) is 2.46. The summed E-state index contributed by atoms with van der Waals surface area (Å²) in [6, 6.07) is 2.40. The van der Waals surface area contributed by atoms with Crippen LogP contribution in [0.1, 0.15) is 32.8 Å². The second-order valence-electron chi connectivity index (χ2n) is 5.43. The maximum absolute atomic E-state index is 9.15. The number of hydrogen-bond donors (Lipinski definition) is 1. The zero-order valence-corrected chi connectivity index (χ0v) is 13.1. The van der Waals surface area contributed by atoms with Crippen LogP contribution in [-0.2, 0) is 4.74 Å². The summed E-state index contributed by atoms with van der Waals surface area (Å²) in [6.07, 6.45) is 4.69. The third-order valence-corrected chi connectivity index (χ3v) is 4.49. The first-order valence-corrected chi connectivity index (χ1v) is 7.94. The predicted molar refractivity (Wildman–Crippen MR) is 79.8 cm³/mol. The molecule has 0 bridgehead atoms. The average molecular weight is 292 g/mol. The molecule has 1 aliphatic rings. The Morgan fingerprint density at radius 1 is 1.60 bits per heavy atom. The number of aromatic nitrogens is 2. The lowest BCUT2D eigenvalue weighted by Crippen LogP contribution is -2.58. The Morgan fingerprint density at radius 3 is 2.90 bits per heavy atom. The van der Waals surface area contributed by atoms with E-state index >= 15 is 0 Å². The monoisotopic (exact) mass is 292 g/mol. The van der Waals surface area contributed by atoms with Gasteiger partial charge in [0.05, 0.1) is 12.3 Å². The normalized spacial score (nSPS) is 23.8. The lowest BCUT2D eigenvalue weighted by atomic mass is 9.64. The molecule has 0 spiro atoms. The Bertz CT molecular complexity index is 526. The maximum Gasteiger partial charge on any atom is 0.189 e. The van der Waals surface area contributed by atoms with Gasteiger partial charge in [-0.25, -0.2) is 9.97 Å². The summed E-state index contributed by atoms with van der Waals surface area (Å²) >= 11 is 1.47. The van der Waals surface area contributed by atoms with Gasteiger partial charge in [0.15, 0.2) is 5.16 Å². The van der Waals surface area contributed by atoms with Crippen molar-refractivity contribution in [1.82, 2.24) is 9.97 Å². The first-order valence-electron chi connectivity index (χ1n) is 6.72. The van der Waals surface area contributed by atoms with Gasteiger partial charge in [0, 0.05) is 18.1 Å². The van der Waals surface area contributed by atoms with Crippen LogP contribution >= 0.6 is 11.8 Å². The summed E-state index contributed by atoms with van der Waals surface area (Å²) in [6.45, 7) is 7.10. The molecule has 0 amide bonds. The molecule has 1 N–H and O–H groups in total. The SMILES string of the molecule is CCOC1CC(Nc2nc(SC)ncc2C#N)C1(C)C. The fourth-order valence-electron chi connectivity index (χ4n) is 2.44. The summed E-state index contributed by atoms with van der Waals surface area (Å²) in [5.41, 5.74) is 0.520. The number of rotatable bonds is 5. The fraction of sp³-hybridized carbons (Fsp3) is 0.643. The molecular formula is C14H20N4OS. The molecule has 20 heavy (non-hydrogen) atoms. The standard InChI is InChI=1S/C14H20N4OS/c1-5-19-11-6-10(14(11,2)3)17-12-9(7-15)8-16-13(18-12)20-4/h8,10-11H,5-6H2,1-4H3,(H,16,17,18). The van der Waals surface area contributed by atoms with Gasteiger partial charge < -0.3 is 10.1 Å². The molecule has 1 aromatic heterocycles. The van der Waals surface area contributed by atoms with Crippen LogP contribution in [0.2, 0.25) is 0 Å². The lowest BCUT2D eigenvalue weighted by molar-refractivity contribution is -0.0976. The molecule has 1 saturated carbocycles. The van der Waals surface area contributed by atoms with Crippen molar-refractivity contribution in [2.75, 3.05) is 18.2 Å². The third-order valence-electron chi connectivity index (χ3n) is 3.93. The van der Waals surface area contributed by atoms with Gasteiger partial charge in [0.25, 0.3) is 0 Å². The summed E-state index contributed by atoms with van der Waals surface area (Å²) in [7, 11) is 0. The first-order chi connectivity index (χ1) is 9.52. The van der Waals surface area contributed by atoms with Gasteiger partial charge in [-0.05, 0) is 19.6 Å².